The van der Waals surface area contributed by atoms with E-state index in [4.69, 9.17) is 15.2 Å². The fourth-order valence-corrected chi connectivity index (χ4v) is 2.17. The number of carbonyl (C=O) groups excluding carboxylic acids is 2. The van der Waals surface area contributed by atoms with Crippen molar-refractivity contribution in [1.82, 2.24) is 10.6 Å². The Bertz CT molecular complexity index is 595. The molecule has 0 spiro atoms. The molecule has 1 aliphatic rings. The number of amides is 2. The smallest absolute Gasteiger partial charge is 0.239 e. The van der Waals surface area contributed by atoms with E-state index in [1.807, 2.05) is 32.0 Å². The molecule has 0 saturated heterocycles. The second kappa shape index (κ2) is 10.1. The molecule has 0 unspecified atom stereocenters. The minimum absolute atomic E-state index is 0. The van der Waals surface area contributed by atoms with Gasteiger partial charge in [0.25, 0.3) is 0 Å². The molecule has 8 heteroatoms. The van der Waals surface area contributed by atoms with Crippen molar-refractivity contribution in [3.05, 3.63) is 23.8 Å². The Labute approximate surface area is 154 Å². The maximum Gasteiger partial charge on any atom is 0.239 e. The SMILES string of the molecule is CC(C)[C@H](N)C(=O)NCC(=O)NCc1ccc2c(c1)OCCCO2.Cl. The van der Waals surface area contributed by atoms with Gasteiger partial charge in [-0.1, -0.05) is 19.9 Å². The summed E-state index contributed by atoms with van der Waals surface area (Å²) in [5, 5.41) is 5.29. The van der Waals surface area contributed by atoms with Crippen LogP contribution in [-0.2, 0) is 16.1 Å². The minimum atomic E-state index is -0.612. The number of fused-ring (bicyclic) bond motifs is 1. The van der Waals surface area contributed by atoms with Crippen LogP contribution in [0.4, 0.5) is 0 Å². The third-order valence-corrected chi connectivity index (χ3v) is 3.75. The van der Waals surface area contributed by atoms with Crippen molar-refractivity contribution in [2.75, 3.05) is 19.8 Å². The van der Waals surface area contributed by atoms with Crippen LogP contribution in [0.1, 0.15) is 25.8 Å². The van der Waals surface area contributed by atoms with Gasteiger partial charge in [-0.15, -0.1) is 12.4 Å². The lowest BCUT2D eigenvalue weighted by atomic mass is 10.1. The van der Waals surface area contributed by atoms with Crippen molar-refractivity contribution in [1.29, 1.82) is 0 Å². The molecule has 1 aliphatic heterocycles. The number of ether oxygens (including phenoxy) is 2. The van der Waals surface area contributed by atoms with E-state index in [1.54, 1.807) is 0 Å². The van der Waals surface area contributed by atoms with E-state index in [0.717, 1.165) is 17.7 Å². The fourth-order valence-electron chi connectivity index (χ4n) is 2.17. The molecule has 1 heterocycles. The van der Waals surface area contributed by atoms with Gasteiger partial charge in [0.15, 0.2) is 11.5 Å². The van der Waals surface area contributed by atoms with Gasteiger partial charge < -0.3 is 25.8 Å². The molecule has 25 heavy (non-hydrogen) atoms. The van der Waals surface area contributed by atoms with Crippen LogP contribution in [0.3, 0.4) is 0 Å². The van der Waals surface area contributed by atoms with Gasteiger partial charge in [-0.2, -0.15) is 0 Å². The van der Waals surface area contributed by atoms with Crippen molar-refractivity contribution in [3.8, 4) is 11.5 Å². The van der Waals surface area contributed by atoms with Gasteiger partial charge in [0.2, 0.25) is 11.8 Å². The van der Waals surface area contributed by atoms with Gasteiger partial charge in [0.1, 0.15) is 0 Å². The zero-order valence-electron chi connectivity index (χ0n) is 14.5. The predicted octanol–water partition coefficient (Wildman–Crippen LogP) is 0.985. The highest BCUT2D eigenvalue weighted by Crippen LogP contribution is 2.30. The molecule has 0 aliphatic carbocycles. The van der Waals surface area contributed by atoms with Crippen LogP contribution >= 0.6 is 12.4 Å². The number of nitrogens with one attached hydrogen (secondary N) is 2. The minimum Gasteiger partial charge on any atom is -0.490 e. The van der Waals surface area contributed by atoms with Crippen LogP contribution in [0.15, 0.2) is 18.2 Å². The highest BCUT2D eigenvalue weighted by atomic mass is 35.5. The van der Waals surface area contributed by atoms with Crippen molar-refractivity contribution in [2.45, 2.75) is 32.9 Å². The third kappa shape index (κ3) is 6.43. The second-order valence-electron chi connectivity index (χ2n) is 6.10. The topological polar surface area (TPSA) is 103 Å². The first-order chi connectivity index (χ1) is 11.5. The summed E-state index contributed by atoms with van der Waals surface area (Å²) >= 11 is 0. The molecule has 0 radical (unpaired) electrons. The average Bonchev–Trinajstić information content (AvgIpc) is 2.81. The lowest BCUT2D eigenvalue weighted by Crippen LogP contribution is -2.47. The van der Waals surface area contributed by atoms with E-state index >= 15 is 0 Å². The summed E-state index contributed by atoms with van der Waals surface area (Å²) in [5.41, 5.74) is 6.62. The molecule has 2 rings (SSSR count). The number of hydrogen-bond acceptors (Lipinski definition) is 5. The Morgan fingerprint density at radius 3 is 2.52 bits per heavy atom. The van der Waals surface area contributed by atoms with Gasteiger partial charge in [-0.25, -0.2) is 0 Å². The normalized spacial score (nSPS) is 14.1. The molecular formula is C17H26ClN3O4. The lowest BCUT2D eigenvalue weighted by molar-refractivity contribution is -0.127. The zero-order valence-corrected chi connectivity index (χ0v) is 15.4. The van der Waals surface area contributed by atoms with Crippen LogP contribution in [-0.4, -0.2) is 37.6 Å². The number of carbonyl (C=O) groups is 2. The lowest BCUT2D eigenvalue weighted by Gasteiger charge is -2.15. The highest BCUT2D eigenvalue weighted by Gasteiger charge is 2.17. The first-order valence-electron chi connectivity index (χ1n) is 8.16. The molecule has 0 fully saturated rings. The van der Waals surface area contributed by atoms with Gasteiger partial charge in [-0.05, 0) is 23.6 Å². The van der Waals surface area contributed by atoms with E-state index in [2.05, 4.69) is 10.6 Å². The first-order valence-corrected chi connectivity index (χ1v) is 8.16. The molecule has 140 valence electrons. The monoisotopic (exact) mass is 371 g/mol. The molecule has 0 saturated carbocycles. The van der Waals surface area contributed by atoms with Gasteiger partial charge >= 0.3 is 0 Å². The van der Waals surface area contributed by atoms with Gasteiger partial charge in [-0.3, -0.25) is 9.59 Å². The van der Waals surface area contributed by atoms with Crippen molar-refractivity contribution < 1.29 is 19.1 Å². The van der Waals surface area contributed by atoms with Crippen molar-refractivity contribution in [3.63, 3.8) is 0 Å². The fraction of sp³-hybridized carbons (Fsp3) is 0.529. The molecule has 7 nitrogen and oxygen atoms in total. The van der Waals surface area contributed by atoms with E-state index < -0.39 is 6.04 Å². The summed E-state index contributed by atoms with van der Waals surface area (Å²) in [5.74, 6) is 0.838. The Morgan fingerprint density at radius 2 is 1.84 bits per heavy atom. The molecule has 0 bridgehead atoms. The summed E-state index contributed by atoms with van der Waals surface area (Å²) in [6, 6.07) is 4.96. The Kier molecular flexibility index (Phi) is 8.51. The van der Waals surface area contributed by atoms with Crippen LogP contribution in [0, 0.1) is 5.92 Å². The molecule has 1 atom stereocenters. The van der Waals surface area contributed by atoms with Crippen LogP contribution in [0.25, 0.3) is 0 Å². The largest absolute Gasteiger partial charge is 0.490 e. The van der Waals surface area contributed by atoms with Gasteiger partial charge in [0.05, 0.1) is 25.8 Å². The Hall–Kier alpha value is -1.99. The van der Waals surface area contributed by atoms with E-state index in [0.29, 0.717) is 25.5 Å². The first kappa shape index (κ1) is 21.1. The van der Waals surface area contributed by atoms with E-state index in [1.165, 1.54) is 0 Å². The van der Waals surface area contributed by atoms with Crippen LogP contribution < -0.4 is 25.8 Å². The maximum absolute atomic E-state index is 11.8. The average molecular weight is 372 g/mol. The van der Waals surface area contributed by atoms with Crippen molar-refractivity contribution >= 4 is 24.2 Å². The second-order valence-corrected chi connectivity index (χ2v) is 6.10. The summed E-state index contributed by atoms with van der Waals surface area (Å²) in [4.78, 5) is 23.5. The maximum atomic E-state index is 11.8. The number of rotatable bonds is 6. The van der Waals surface area contributed by atoms with E-state index in [-0.39, 0.29) is 36.7 Å². The summed E-state index contributed by atoms with van der Waals surface area (Å²) in [6.07, 6.45) is 0.846. The zero-order chi connectivity index (χ0) is 17.5. The van der Waals surface area contributed by atoms with Crippen LogP contribution in [0.5, 0.6) is 11.5 Å². The summed E-state index contributed by atoms with van der Waals surface area (Å²) in [7, 11) is 0. The third-order valence-electron chi connectivity index (χ3n) is 3.75. The standard InChI is InChI=1S/C17H25N3O4.ClH/c1-11(2)16(18)17(22)20-10-15(21)19-9-12-4-5-13-14(8-12)24-7-3-6-23-13;/h4-5,8,11,16H,3,6-7,9-10,18H2,1-2H3,(H,19,21)(H,20,22);1H/t16-;/m0./s1. The molecule has 1 aromatic carbocycles. The molecule has 2 amide bonds. The number of nitrogens with two attached hydrogens (primary N) is 1. The molecular weight excluding hydrogens is 346 g/mol. The summed E-state index contributed by atoms with van der Waals surface area (Å²) in [6.45, 7) is 5.22. The number of hydrogen-bond donors (Lipinski definition) is 3. The van der Waals surface area contributed by atoms with Gasteiger partial charge in [0, 0.05) is 13.0 Å². The quantitative estimate of drug-likeness (QED) is 0.691. The Morgan fingerprint density at radius 1 is 1.16 bits per heavy atom. The molecule has 1 aromatic rings. The molecule has 0 aromatic heterocycles. The van der Waals surface area contributed by atoms with Crippen molar-refractivity contribution in [2.24, 2.45) is 11.7 Å². The molecule has 4 N–H and O–H groups in total. The van der Waals surface area contributed by atoms with E-state index in [9.17, 15) is 9.59 Å². The highest BCUT2D eigenvalue weighted by molar-refractivity contribution is 5.87. The number of halogens is 1. The summed E-state index contributed by atoms with van der Waals surface area (Å²) < 4.78 is 11.2. The predicted molar refractivity (Wildman–Crippen MR) is 97.0 cm³/mol. The van der Waals surface area contributed by atoms with Crippen LogP contribution in [0.2, 0.25) is 0 Å². The number of benzene rings is 1. The Balaban J connectivity index is 0.00000312.